The molecule has 2 aromatic rings. The smallest absolute Gasteiger partial charge is 0.277 e. The Morgan fingerprint density at radius 2 is 1.85 bits per heavy atom. The fourth-order valence-electron chi connectivity index (χ4n) is 2.90. The van der Waals surface area contributed by atoms with E-state index < -0.39 is 27.8 Å². The van der Waals surface area contributed by atoms with Crippen molar-refractivity contribution in [3.05, 3.63) is 45.1 Å². The van der Waals surface area contributed by atoms with Crippen LogP contribution in [0.3, 0.4) is 0 Å². The number of aliphatic hydroxyl groups is 1. The fourth-order valence-corrected chi connectivity index (χ4v) is 3.62. The van der Waals surface area contributed by atoms with E-state index in [0.717, 1.165) is 0 Å². The number of halogens is 3. The molecular weight excluding hydrogens is 518 g/mol. The number of hydrogen-bond donors (Lipinski definition) is 4. The Balaban J connectivity index is 2.08. The lowest BCUT2D eigenvalue weighted by atomic mass is 9.42. The standard InChI is InChI=1S/C17H10B7BrClFN4O3/c18-15(19,33)16(20,21)34-30-14(32)7-4-10-13(28-5-31(10)17(22,23)24)11(27)12(7)29-9-2-1-6(25)3-8(9)26/h1-4,28-29,33H,5H2,(H,30,32). The number of hydroxylamine groups is 1. The van der Waals surface area contributed by atoms with Crippen molar-refractivity contribution in [2.24, 2.45) is 0 Å². The Bertz CT molecular complexity index is 1130. The maximum absolute atomic E-state index is 15.6. The van der Waals surface area contributed by atoms with Crippen molar-refractivity contribution in [2.45, 2.75) is 16.0 Å². The maximum atomic E-state index is 15.6. The molecule has 0 saturated carbocycles. The predicted octanol–water partition coefficient (Wildman–Crippen LogP) is -0.0733. The lowest BCUT2D eigenvalue weighted by Gasteiger charge is -2.38. The summed E-state index contributed by atoms with van der Waals surface area (Å²) in [4.78, 5) is 19.0. The highest BCUT2D eigenvalue weighted by Crippen LogP contribution is 2.43. The van der Waals surface area contributed by atoms with Crippen LogP contribution in [0, 0.1) is 5.82 Å². The van der Waals surface area contributed by atoms with E-state index in [0.29, 0.717) is 4.47 Å². The summed E-state index contributed by atoms with van der Waals surface area (Å²) < 4.78 is 16.3. The minimum absolute atomic E-state index is 0.0378. The zero-order valence-electron chi connectivity index (χ0n) is 17.4. The van der Waals surface area contributed by atoms with Crippen molar-refractivity contribution in [1.82, 2.24) is 5.48 Å². The summed E-state index contributed by atoms with van der Waals surface area (Å²) in [5.41, 5.74) is 1.54. The SMILES string of the molecule is [B]C([B])([B])N1CNc2c1cc(C(=O)NOC([B])([B])C([B])([B])O)c(Nc1ccc(Br)cc1Cl)c2F. The van der Waals surface area contributed by atoms with Crippen LogP contribution in [-0.4, -0.2) is 88.6 Å². The van der Waals surface area contributed by atoms with Gasteiger partial charge >= 0.3 is 0 Å². The van der Waals surface area contributed by atoms with E-state index in [-0.39, 0.29) is 40.0 Å². The Labute approximate surface area is 218 Å². The van der Waals surface area contributed by atoms with Gasteiger partial charge in [0.25, 0.3) is 5.91 Å². The lowest BCUT2D eigenvalue weighted by molar-refractivity contribution is -0.0488. The van der Waals surface area contributed by atoms with Crippen molar-refractivity contribution < 1.29 is 19.1 Å². The molecule has 0 bridgehead atoms. The van der Waals surface area contributed by atoms with Crippen LogP contribution in [0.1, 0.15) is 10.4 Å². The molecule has 0 fully saturated rings. The molecule has 34 heavy (non-hydrogen) atoms. The average Bonchev–Trinajstić information content (AvgIpc) is 3.13. The van der Waals surface area contributed by atoms with Gasteiger partial charge in [-0.25, -0.2) is 9.87 Å². The number of nitrogens with zero attached hydrogens (tertiary/aromatic N) is 1. The summed E-state index contributed by atoms with van der Waals surface area (Å²) in [5, 5.41) is 8.13. The topological polar surface area (TPSA) is 85.9 Å². The normalized spacial score (nSPS) is 13.8. The summed E-state index contributed by atoms with van der Waals surface area (Å²) in [5.74, 6) is -1.96. The van der Waals surface area contributed by atoms with Crippen molar-refractivity contribution in [3.8, 4) is 0 Å². The summed E-state index contributed by atoms with van der Waals surface area (Å²) in [7, 11) is 38.7. The van der Waals surface area contributed by atoms with E-state index in [1.54, 1.807) is 18.2 Å². The van der Waals surface area contributed by atoms with Crippen LogP contribution in [0.2, 0.25) is 5.02 Å². The molecule has 0 aromatic heterocycles. The molecule has 3 rings (SSSR count). The molecule has 0 atom stereocenters. The number of fused-ring (bicyclic) bond motifs is 1. The first kappa shape index (κ1) is 27.0. The number of amides is 1. The van der Waals surface area contributed by atoms with Gasteiger partial charge in [-0.1, -0.05) is 32.8 Å². The number of carbonyl (C=O) groups is 1. The third kappa shape index (κ3) is 5.45. The van der Waals surface area contributed by atoms with Crippen LogP contribution in [-0.2, 0) is 4.84 Å². The minimum Gasteiger partial charge on any atom is -0.408 e. The molecule has 1 amide bonds. The summed E-state index contributed by atoms with van der Waals surface area (Å²) in [6.07, 6.45) is 0. The summed E-state index contributed by atoms with van der Waals surface area (Å²) in [6, 6.07) is 5.99. The van der Waals surface area contributed by atoms with E-state index >= 15 is 4.39 Å². The van der Waals surface area contributed by atoms with Crippen molar-refractivity contribution in [1.29, 1.82) is 0 Å². The van der Waals surface area contributed by atoms with Crippen LogP contribution >= 0.6 is 27.5 Å². The van der Waals surface area contributed by atoms with Crippen LogP contribution in [0.25, 0.3) is 0 Å². The Hall–Kier alpha value is -1.62. The van der Waals surface area contributed by atoms with Crippen LogP contribution in [0.15, 0.2) is 28.7 Å². The highest BCUT2D eigenvalue weighted by molar-refractivity contribution is 9.10. The number of nitrogens with one attached hydrogen (secondary N) is 3. The first-order valence-corrected chi connectivity index (χ1v) is 10.5. The zero-order chi connectivity index (χ0) is 25.6. The molecule has 0 unspecified atom stereocenters. The number of carbonyl (C=O) groups excluding carboxylic acids is 1. The van der Waals surface area contributed by atoms with Gasteiger partial charge in [-0.2, -0.15) is 0 Å². The number of anilines is 4. The van der Waals surface area contributed by atoms with Crippen LogP contribution in [0.4, 0.5) is 27.1 Å². The molecule has 14 radical (unpaired) electrons. The van der Waals surface area contributed by atoms with E-state index in [1.807, 2.05) is 5.48 Å². The molecule has 1 aliphatic rings. The molecule has 158 valence electrons. The number of rotatable bonds is 7. The third-order valence-electron chi connectivity index (χ3n) is 4.79. The van der Waals surface area contributed by atoms with Crippen LogP contribution in [0.5, 0.6) is 0 Å². The largest absolute Gasteiger partial charge is 0.408 e. The summed E-state index contributed by atoms with van der Waals surface area (Å²) in [6.45, 7) is -0.0576. The van der Waals surface area contributed by atoms with Crippen molar-refractivity contribution in [3.63, 3.8) is 0 Å². The second-order valence-corrected chi connectivity index (χ2v) is 8.88. The van der Waals surface area contributed by atoms with Gasteiger partial charge in [-0.05, 0) is 24.3 Å². The fraction of sp³-hybridized carbons (Fsp3) is 0.235. The predicted molar refractivity (Wildman–Crippen MR) is 139 cm³/mol. The highest BCUT2D eigenvalue weighted by Gasteiger charge is 2.36. The molecule has 1 aliphatic heterocycles. The third-order valence-corrected chi connectivity index (χ3v) is 5.60. The van der Waals surface area contributed by atoms with E-state index in [1.165, 1.54) is 11.0 Å². The van der Waals surface area contributed by atoms with Gasteiger partial charge in [0.2, 0.25) is 0 Å². The Kier molecular flexibility index (Phi) is 7.50. The van der Waals surface area contributed by atoms with Gasteiger partial charge in [0.15, 0.2) is 5.82 Å². The molecular formula is C17H10B7BrClFN4O3. The lowest BCUT2D eigenvalue weighted by Crippen LogP contribution is -2.60. The van der Waals surface area contributed by atoms with Gasteiger partial charge in [-0.3, -0.25) is 9.63 Å². The molecule has 2 aromatic carbocycles. The Morgan fingerprint density at radius 1 is 1.21 bits per heavy atom. The van der Waals surface area contributed by atoms with Gasteiger partial charge in [0.05, 0.1) is 63.5 Å². The van der Waals surface area contributed by atoms with E-state index in [2.05, 4.69) is 26.6 Å². The average molecular weight is 528 g/mol. The van der Waals surface area contributed by atoms with Gasteiger partial charge in [0.1, 0.15) is 31.4 Å². The number of benzene rings is 2. The monoisotopic (exact) mass is 528 g/mol. The minimum atomic E-state index is -2.74. The van der Waals surface area contributed by atoms with Gasteiger partial charge in [0, 0.05) is 15.3 Å². The van der Waals surface area contributed by atoms with E-state index in [4.69, 9.17) is 71.4 Å². The molecule has 7 nitrogen and oxygen atoms in total. The zero-order valence-corrected chi connectivity index (χ0v) is 19.7. The first-order valence-electron chi connectivity index (χ1n) is 9.36. The van der Waals surface area contributed by atoms with Crippen molar-refractivity contribution >= 4 is 111 Å². The quantitative estimate of drug-likeness (QED) is 0.298. The second-order valence-electron chi connectivity index (χ2n) is 7.56. The number of hydrogen-bond acceptors (Lipinski definition) is 6. The van der Waals surface area contributed by atoms with Gasteiger partial charge in [-0.15, -0.1) is 0 Å². The molecule has 4 N–H and O–H groups in total. The molecule has 0 aliphatic carbocycles. The second kappa shape index (κ2) is 9.45. The van der Waals surface area contributed by atoms with Crippen LogP contribution < -0.4 is 21.0 Å². The first-order chi connectivity index (χ1) is 15.5. The molecule has 0 spiro atoms. The van der Waals surface area contributed by atoms with Gasteiger partial charge < -0.3 is 20.6 Å². The van der Waals surface area contributed by atoms with E-state index in [9.17, 15) is 9.90 Å². The maximum Gasteiger partial charge on any atom is 0.277 e. The molecule has 0 saturated heterocycles. The molecule has 1 heterocycles. The van der Waals surface area contributed by atoms with Crippen molar-refractivity contribution in [2.75, 3.05) is 22.2 Å². The highest BCUT2D eigenvalue weighted by atomic mass is 79.9. The molecule has 17 heteroatoms. The Morgan fingerprint density at radius 3 is 2.41 bits per heavy atom. The summed E-state index contributed by atoms with van der Waals surface area (Å²) >= 11 is 9.51.